The van der Waals surface area contributed by atoms with Gasteiger partial charge in [-0.05, 0) is 18.2 Å². The van der Waals surface area contributed by atoms with Crippen LogP contribution in [-0.2, 0) is 0 Å². The van der Waals surface area contributed by atoms with Gasteiger partial charge >= 0.3 is 0 Å². The second kappa shape index (κ2) is 4.82. The standard InChI is InChI=1S/C13H11N5O2/c14-13-9-5-1-2-6-10(9)15-16-17(13)11-7-3-4-8-12(11)18(19)20/h1-8,14,18-19H. The lowest BCUT2D eigenvalue weighted by atomic mass is 10.2. The third kappa shape index (κ3) is 1.95. The van der Waals surface area contributed by atoms with Crippen molar-refractivity contribution in [2.45, 2.75) is 0 Å². The first kappa shape index (κ1) is 12.4. The molecule has 1 atom stereocenters. The molecule has 0 saturated carbocycles. The van der Waals surface area contributed by atoms with Gasteiger partial charge in [-0.25, -0.2) is 5.21 Å². The van der Waals surface area contributed by atoms with Crippen LogP contribution in [0.15, 0.2) is 48.5 Å². The molecule has 0 saturated heterocycles. The molecule has 0 aliphatic rings. The minimum Gasteiger partial charge on any atom is -0.595 e. The minimum atomic E-state index is -1.07. The molecule has 0 aliphatic heterocycles. The van der Waals surface area contributed by atoms with Gasteiger partial charge in [0.25, 0.3) is 0 Å². The molecule has 0 spiro atoms. The second-order valence-corrected chi connectivity index (χ2v) is 4.19. The summed E-state index contributed by atoms with van der Waals surface area (Å²) in [6.45, 7) is 0. The maximum absolute atomic E-state index is 11.2. The van der Waals surface area contributed by atoms with Gasteiger partial charge in [0, 0.05) is 11.5 Å². The summed E-state index contributed by atoms with van der Waals surface area (Å²) >= 11 is 0. The molecule has 0 bridgehead atoms. The molecular formula is C13H11N5O2. The minimum absolute atomic E-state index is 0.0792. The number of para-hydroxylation sites is 2. The van der Waals surface area contributed by atoms with E-state index in [9.17, 15) is 10.4 Å². The van der Waals surface area contributed by atoms with Gasteiger partial charge in [0.2, 0.25) is 0 Å². The van der Waals surface area contributed by atoms with Gasteiger partial charge in [-0.15, -0.1) is 5.10 Å². The number of quaternary nitrogens is 1. The average Bonchev–Trinajstić information content (AvgIpc) is 2.48. The Morgan fingerprint density at radius 2 is 1.80 bits per heavy atom. The zero-order chi connectivity index (χ0) is 14.1. The van der Waals surface area contributed by atoms with Crippen molar-refractivity contribution in [3.05, 3.63) is 59.2 Å². The first-order valence-electron chi connectivity index (χ1n) is 5.90. The van der Waals surface area contributed by atoms with Gasteiger partial charge < -0.3 is 5.21 Å². The molecule has 1 aromatic heterocycles. The van der Waals surface area contributed by atoms with Gasteiger partial charge in [0.05, 0.1) is 5.52 Å². The monoisotopic (exact) mass is 269 g/mol. The number of benzene rings is 2. The molecule has 0 amide bonds. The molecule has 2 aromatic carbocycles. The molecule has 1 unspecified atom stereocenters. The van der Waals surface area contributed by atoms with Crippen LogP contribution in [0.5, 0.6) is 0 Å². The van der Waals surface area contributed by atoms with Crippen LogP contribution < -0.4 is 10.7 Å². The van der Waals surface area contributed by atoms with Crippen LogP contribution in [0.2, 0.25) is 0 Å². The van der Waals surface area contributed by atoms with E-state index >= 15 is 0 Å². The quantitative estimate of drug-likeness (QED) is 0.582. The Morgan fingerprint density at radius 3 is 2.60 bits per heavy atom. The van der Waals surface area contributed by atoms with Crippen molar-refractivity contribution in [2.24, 2.45) is 0 Å². The number of aromatic nitrogens is 3. The van der Waals surface area contributed by atoms with Gasteiger partial charge in [-0.2, -0.15) is 9.91 Å². The van der Waals surface area contributed by atoms with Gasteiger partial charge in [0.15, 0.2) is 11.2 Å². The Morgan fingerprint density at radius 1 is 1.10 bits per heavy atom. The number of rotatable bonds is 2. The summed E-state index contributed by atoms with van der Waals surface area (Å²) in [6, 6.07) is 13.5. The summed E-state index contributed by atoms with van der Waals surface area (Å²) in [5.74, 6) is 0. The highest BCUT2D eigenvalue weighted by Crippen LogP contribution is 2.14. The third-order valence-corrected chi connectivity index (χ3v) is 2.98. The Hall–Kier alpha value is -2.61. The second-order valence-electron chi connectivity index (χ2n) is 4.19. The van der Waals surface area contributed by atoms with E-state index in [1.54, 1.807) is 36.4 Å². The average molecular weight is 269 g/mol. The fourth-order valence-corrected chi connectivity index (χ4v) is 2.02. The summed E-state index contributed by atoms with van der Waals surface area (Å²) in [5.41, 5.74) is 1.10. The highest BCUT2D eigenvalue weighted by molar-refractivity contribution is 5.76. The van der Waals surface area contributed by atoms with Crippen LogP contribution in [0.4, 0.5) is 5.69 Å². The maximum atomic E-state index is 11.2. The van der Waals surface area contributed by atoms with Gasteiger partial charge in [-0.1, -0.05) is 29.5 Å². The predicted octanol–water partition coefficient (Wildman–Crippen LogP) is 0.303. The molecule has 1 heterocycles. The molecule has 3 N–H and O–H groups in total. The molecular weight excluding hydrogens is 258 g/mol. The van der Waals surface area contributed by atoms with E-state index in [2.05, 4.69) is 10.3 Å². The fourth-order valence-electron chi connectivity index (χ4n) is 2.02. The Bertz CT molecular complexity index is 828. The summed E-state index contributed by atoms with van der Waals surface area (Å²) in [6.07, 6.45) is 0. The third-order valence-electron chi connectivity index (χ3n) is 2.98. The molecule has 0 fully saturated rings. The van der Waals surface area contributed by atoms with Crippen molar-refractivity contribution in [2.75, 3.05) is 0 Å². The van der Waals surface area contributed by atoms with Crippen molar-refractivity contribution < 1.29 is 10.4 Å². The lowest BCUT2D eigenvalue weighted by Crippen LogP contribution is -2.99. The molecule has 7 heteroatoms. The first-order valence-corrected chi connectivity index (χ1v) is 5.90. The Labute approximate surface area is 113 Å². The SMILES string of the molecule is N=c1c2ccccc2nnn1-c1ccccc1[NH+]([O-])O. The van der Waals surface area contributed by atoms with Crippen molar-refractivity contribution in [1.29, 1.82) is 5.41 Å². The number of nitrogens with one attached hydrogen (secondary N) is 2. The molecule has 7 nitrogen and oxygen atoms in total. The van der Waals surface area contributed by atoms with Crippen molar-refractivity contribution in [3.8, 4) is 5.69 Å². The summed E-state index contributed by atoms with van der Waals surface area (Å²) < 4.78 is 1.23. The van der Waals surface area contributed by atoms with E-state index in [1.165, 1.54) is 10.7 Å². The normalized spacial score (nSPS) is 12.5. The molecule has 3 aromatic rings. The van der Waals surface area contributed by atoms with Crippen LogP contribution in [-0.4, -0.2) is 20.2 Å². The zero-order valence-corrected chi connectivity index (χ0v) is 10.3. The van der Waals surface area contributed by atoms with Crippen molar-refractivity contribution in [1.82, 2.24) is 15.0 Å². The summed E-state index contributed by atoms with van der Waals surface area (Å²) in [5, 5.41) is 36.1. The highest BCUT2D eigenvalue weighted by Gasteiger charge is 2.12. The summed E-state index contributed by atoms with van der Waals surface area (Å²) in [4.78, 5) is 0. The lowest BCUT2D eigenvalue weighted by Gasteiger charge is -2.16. The molecule has 100 valence electrons. The van der Waals surface area contributed by atoms with Crippen LogP contribution in [0.25, 0.3) is 16.6 Å². The topological polar surface area (TPSA) is 102 Å². The lowest BCUT2D eigenvalue weighted by molar-refractivity contribution is -0.991. The van der Waals surface area contributed by atoms with Crippen molar-refractivity contribution in [3.63, 3.8) is 0 Å². The predicted molar refractivity (Wildman–Crippen MR) is 70.5 cm³/mol. The van der Waals surface area contributed by atoms with Gasteiger partial charge in [-0.3, -0.25) is 5.41 Å². The fraction of sp³-hybridized carbons (Fsp3) is 0. The van der Waals surface area contributed by atoms with E-state index < -0.39 is 5.23 Å². The van der Waals surface area contributed by atoms with E-state index in [4.69, 9.17) is 5.41 Å². The van der Waals surface area contributed by atoms with Crippen LogP contribution in [0.3, 0.4) is 0 Å². The molecule has 0 radical (unpaired) electrons. The Kier molecular flexibility index (Phi) is 2.99. The number of hydrogen-bond donors (Lipinski definition) is 3. The zero-order valence-electron chi connectivity index (χ0n) is 10.3. The first-order chi connectivity index (χ1) is 9.68. The van der Waals surface area contributed by atoms with Crippen LogP contribution in [0.1, 0.15) is 0 Å². The molecule has 3 rings (SSSR count). The largest absolute Gasteiger partial charge is 0.595 e. The summed E-state index contributed by atoms with van der Waals surface area (Å²) in [7, 11) is 0. The smallest absolute Gasteiger partial charge is 0.189 e. The van der Waals surface area contributed by atoms with E-state index in [1.807, 2.05) is 6.07 Å². The van der Waals surface area contributed by atoms with E-state index in [0.29, 0.717) is 16.6 Å². The van der Waals surface area contributed by atoms with Crippen molar-refractivity contribution >= 4 is 16.6 Å². The molecule has 20 heavy (non-hydrogen) atoms. The van der Waals surface area contributed by atoms with E-state index in [-0.39, 0.29) is 11.2 Å². The molecule has 0 aliphatic carbocycles. The maximum Gasteiger partial charge on any atom is 0.189 e. The van der Waals surface area contributed by atoms with Gasteiger partial charge in [0.1, 0.15) is 5.69 Å². The number of fused-ring (bicyclic) bond motifs is 1. The highest BCUT2D eigenvalue weighted by atomic mass is 16.8. The van der Waals surface area contributed by atoms with Crippen LogP contribution >= 0.6 is 0 Å². The number of nitrogens with zero attached hydrogens (tertiary/aromatic N) is 3. The number of hydrogen-bond acceptors (Lipinski definition) is 5. The van der Waals surface area contributed by atoms with Crippen LogP contribution in [0, 0.1) is 10.6 Å². The van der Waals surface area contributed by atoms with E-state index in [0.717, 1.165) is 0 Å². The Balaban J connectivity index is 2.31.